The molecule has 6 nitrogen and oxygen atoms in total. The van der Waals surface area contributed by atoms with E-state index in [9.17, 15) is 4.79 Å². The molecule has 3 heterocycles. The standard InChI is InChI=1S/C23H19N3O3S/c27-23(17-4-1-5-19(14-17)26-10-3-9-24-26)25(16-20-6-2-13-30-20)18-7-8-21-22(15-18)29-12-11-28-21/h1-10,13-15H,11-12,16H2. The lowest BCUT2D eigenvalue weighted by Crippen LogP contribution is -2.30. The summed E-state index contributed by atoms with van der Waals surface area (Å²) < 4.78 is 13.1. The average molecular weight is 417 g/mol. The van der Waals surface area contributed by atoms with Crippen molar-refractivity contribution in [3.05, 3.63) is 88.9 Å². The van der Waals surface area contributed by atoms with Crippen LogP contribution in [0.4, 0.5) is 5.69 Å². The number of benzene rings is 2. The second-order valence-electron chi connectivity index (χ2n) is 6.80. The Hall–Kier alpha value is -3.58. The monoisotopic (exact) mass is 417 g/mol. The van der Waals surface area contributed by atoms with Crippen LogP contribution in [0.15, 0.2) is 78.4 Å². The number of anilines is 1. The molecule has 4 aromatic rings. The Balaban J connectivity index is 1.52. The quantitative estimate of drug-likeness (QED) is 0.478. The van der Waals surface area contributed by atoms with Gasteiger partial charge >= 0.3 is 0 Å². The van der Waals surface area contributed by atoms with E-state index in [4.69, 9.17) is 9.47 Å². The van der Waals surface area contributed by atoms with Crippen LogP contribution in [0, 0.1) is 0 Å². The van der Waals surface area contributed by atoms with Gasteiger partial charge in [0, 0.05) is 34.6 Å². The van der Waals surface area contributed by atoms with Crippen molar-refractivity contribution >= 4 is 22.9 Å². The normalized spacial score (nSPS) is 12.5. The Bertz CT molecular complexity index is 1160. The van der Waals surface area contributed by atoms with Crippen LogP contribution in [0.5, 0.6) is 11.5 Å². The van der Waals surface area contributed by atoms with Gasteiger partial charge in [-0.3, -0.25) is 4.79 Å². The lowest BCUT2D eigenvalue weighted by atomic mass is 10.1. The topological polar surface area (TPSA) is 56.6 Å². The van der Waals surface area contributed by atoms with E-state index in [1.807, 2.05) is 72.2 Å². The molecule has 5 rings (SSSR count). The van der Waals surface area contributed by atoms with Crippen molar-refractivity contribution < 1.29 is 14.3 Å². The number of hydrogen-bond donors (Lipinski definition) is 0. The Morgan fingerprint density at radius 1 is 1.03 bits per heavy atom. The number of fused-ring (bicyclic) bond motifs is 1. The second-order valence-corrected chi connectivity index (χ2v) is 7.83. The van der Waals surface area contributed by atoms with Crippen molar-refractivity contribution in [2.24, 2.45) is 0 Å². The van der Waals surface area contributed by atoms with Crippen LogP contribution in [-0.2, 0) is 6.54 Å². The number of carbonyl (C=O) groups is 1. The zero-order valence-electron chi connectivity index (χ0n) is 16.1. The van der Waals surface area contributed by atoms with E-state index in [2.05, 4.69) is 5.10 Å². The molecule has 0 N–H and O–H groups in total. The van der Waals surface area contributed by atoms with Gasteiger partial charge in [0.1, 0.15) is 13.2 Å². The van der Waals surface area contributed by atoms with Crippen LogP contribution in [0.1, 0.15) is 15.2 Å². The molecule has 0 saturated carbocycles. The van der Waals surface area contributed by atoms with E-state index in [1.54, 1.807) is 27.1 Å². The minimum atomic E-state index is -0.0888. The third-order valence-corrected chi connectivity index (χ3v) is 5.70. The van der Waals surface area contributed by atoms with Crippen molar-refractivity contribution in [1.82, 2.24) is 9.78 Å². The van der Waals surface area contributed by atoms with Crippen LogP contribution < -0.4 is 14.4 Å². The minimum Gasteiger partial charge on any atom is -0.486 e. The van der Waals surface area contributed by atoms with Gasteiger partial charge in [-0.1, -0.05) is 12.1 Å². The molecule has 0 unspecified atom stereocenters. The van der Waals surface area contributed by atoms with Gasteiger partial charge in [0.15, 0.2) is 11.5 Å². The summed E-state index contributed by atoms with van der Waals surface area (Å²) in [6, 6.07) is 19.0. The van der Waals surface area contributed by atoms with Crippen molar-refractivity contribution in [2.45, 2.75) is 6.54 Å². The maximum atomic E-state index is 13.6. The van der Waals surface area contributed by atoms with Gasteiger partial charge in [0.05, 0.1) is 12.2 Å². The molecule has 1 aliphatic heterocycles. The van der Waals surface area contributed by atoms with Gasteiger partial charge in [0.2, 0.25) is 0 Å². The maximum Gasteiger partial charge on any atom is 0.258 e. The van der Waals surface area contributed by atoms with Crippen LogP contribution in [0.3, 0.4) is 0 Å². The SMILES string of the molecule is O=C(c1cccc(-n2cccn2)c1)N(Cc1cccs1)c1ccc2c(c1)OCCO2. The van der Waals surface area contributed by atoms with Crippen LogP contribution in [-0.4, -0.2) is 28.9 Å². The third-order valence-electron chi connectivity index (χ3n) is 4.84. The number of amides is 1. The Labute approximate surface area is 177 Å². The van der Waals surface area contributed by atoms with E-state index in [0.29, 0.717) is 36.8 Å². The van der Waals surface area contributed by atoms with Crippen LogP contribution >= 0.6 is 11.3 Å². The Morgan fingerprint density at radius 2 is 1.93 bits per heavy atom. The fourth-order valence-corrected chi connectivity index (χ4v) is 4.09. The van der Waals surface area contributed by atoms with Gasteiger partial charge < -0.3 is 14.4 Å². The number of nitrogens with zero attached hydrogens (tertiary/aromatic N) is 3. The summed E-state index contributed by atoms with van der Waals surface area (Å²) in [6.45, 7) is 1.51. The van der Waals surface area contributed by atoms with E-state index in [0.717, 1.165) is 16.3 Å². The van der Waals surface area contributed by atoms with Gasteiger partial charge in [-0.25, -0.2) is 4.68 Å². The highest BCUT2D eigenvalue weighted by molar-refractivity contribution is 7.09. The molecule has 2 aromatic heterocycles. The molecule has 0 radical (unpaired) electrons. The van der Waals surface area contributed by atoms with Gasteiger partial charge in [-0.05, 0) is 47.8 Å². The highest BCUT2D eigenvalue weighted by Gasteiger charge is 2.22. The maximum absolute atomic E-state index is 13.6. The molecular formula is C23H19N3O3S. The molecule has 0 aliphatic carbocycles. The molecule has 30 heavy (non-hydrogen) atoms. The third kappa shape index (κ3) is 3.67. The predicted octanol–water partition coefficient (Wildman–Crippen LogP) is 4.55. The summed E-state index contributed by atoms with van der Waals surface area (Å²) in [4.78, 5) is 16.5. The first-order valence-electron chi connectivity index (χ1n) is 9.62. The molecule has 2 aromatic carbocycles. The zero-order valence-corrected chi connectivity index (χ0v) is 16.9. The van der Waals surface area contributed by atoms with Crippen molar-refractivity contribution in [1.29, 1.82) is 0 Å². The molecule has 0 fully saturated rings. The molecule has 1 amide bonds. The smallest absolute Gasteiger partial charge is 0.258 e. The van der Waals surface area contributed by atoms with Gasteiger partial charge in [-0.2, -0.15) is 5.10 Å². The first-order chi connectivity index (χ1) is 14.8. The van der Waals surface area contributed by atoms with Crippen molar-refractivity contribution in [3.8, 4) is 17.2 Å². The largest absolute Gasteiger partial charge is 0.486 e. The van der Waals surface area contributed by atoms with Crippen molar-refractivity contribution in [2.75, 3.05) is 18.1 Å². The summed E-state index contributed by atoms with van der Waals surface area (Å²) in [7, 11) is 0. The summed E-state index contributed by atoms with van der Waals surface area (Å²) in [6.07, 6.45) is 3.57. The summed E-state index contributed by atoms with van der Waals surface area (Å²) in [5.41, 5.74) is 2.20. The number of hydrogen-bond acceptors (Lipinski definition) is 5. The number of carbonyl (C=O) groups excluding carboxylic acids is 1. The molecule has 7 heteroatoms. The molecule has 150 valence electrons. The van der Waals surface area contributed by atoms with Gasteiger partial charge in [-0.15, -0.1) is 11.3 Å². The molecule has 1 aliphatic rings. The summed E-state index contributed by atoms with van der Waals surface area (Å²) in [5.74, 6) is 1.27. The Morgan fingerprint density at radius 3 is 2.73 bits per heavy atom. The summed E-state index contributed by atoms with van der Waals surface area (Å²) in [5, 5.41) is 6.28. The Kier molecular flexibility index (Phi) is 4.94. The fraction of sp³-hybridized carbons (Fsp3) is 0.130. The first-order valence-corrected chi connectivity index (χ1v) is 10.5. The number of thiophene rings is 1. The number of ether oxygens (including phenoxy) is 2. The number of aromatic nitrogens is 2. The van der Waals surface area contributed by atoms with E-state index >= 15 is 0 Å². The second kappa shape index (κ2) is 8.04. The first kappa shape index (κ1) is 18.4. The molecule has 0 bridgehead atoms. The fourth-order valence-electron chi connectivity index (χ4n) is 3.40. The van der Waals surface area contributed by atoms with E-state index in [-0.39, 0.29) is 5.91 Å². The van der Waals surface area contributed by atoms with Crippen LogP contribution in [0.25, 0.3) is 5.69 Å². The van der Waals surface area contributed by atoms with E-state index < -0.39 is 0 Å². The van der Waals surface area contributed by atoms with Gasteiger partial charge in [0.25, 0.3) is 5.91 Å². The predicted molar refractivity (Wildman–Crippen MR) is 116 cm³/mol. The van der Waals surface area contributed by atoms with Crippen molar-refractivity contribution in [3.63, 3.8) is 0 Å². The van der Waals surface area contributed by atoms with Crippen LogP contribution in [0.2, 0.25) is 0 Å². The lowest BCUT2D eigenvalue weighted by Gasteiger charge is -2.25. The molecule has 0 spiro atoms. The molecular weight excluding hydrogens is 398 g/mol. The molecule has 0 atom stereocenters. The highest BCUT2D eigenvalue weighted by Crippen LogP contribution is 2.35. The molecule has 0 saturated heterocycles. The zero-order chi connectivity index (χ0) is 20.3. The van der Waals surface area contributed by atoms with E-state index in [1.165, 1.54) is 0 Å². The number of rotatable bonds is 5. The minimum absolute atomic E-state index is 0.0888. The highest BCUT2D eigenvalue weighted by atomic mass is 32.1. The lowest BCUT2D eigenvalue weighted by molar-refractivity contribution is 0.0985. The average Bonchev–Trinajstić information content (AvgIpc) is 3.51. The summed E-state index contributed by atoms with van der Waals surface area (Å²) >= 11 is 1.62.